The number of hydrogen-bond acceptors (Lipinski definition) is 2. The molecule has 0 saturated heterocycles. The van der Waals surface area contributed by atoms with Gasteiger partial charge in [-0.25, -0.2) is 4.39 Å². The summed E-state index contributed by atoms with van der Waals surface area (Å²) in [4.78, 5) is 12.0. The molecule has 0 spiro atoms. The number of halogens is 2. The minimum absolute atomic E-state index is 0.150. The zero-order valence-corrected chi connectivity index (χ0v) is 11.8. The number of anilines is 2. The first kappa shape index (κ1) is 13.5. The number of hydrogen-bond donors (Lipinski definition) is 2. The van der Waals surface area contributed by atoms with Crippen molar-refractivity contribution in [2.75, 3.05) is 11.1 Å². The summed E-state index contributed by atoms with van der Waals surface area (Å²) in [6, 6.07) is 9.45. The molecule has 5 heteroatoms. The van der Waals surface area contributed by atoms with E-state index in [1.807, 2.05) is 0 Å². The molecule has 2 rings (SSSR count). The molecular weight excluding hydrogens is 311 g/mol. The van der Waals surface area contributed by atoms with Gasteiger partial charge in [0, 0.05) is 15.7 Å². The summed E-state index contributed by atoms with van der Waals surface area (Å²) in [7, 11) is 0. The lowest BCUT2D eigenvalue weighted by Crippen LogP contribution is -2.13. The van der Waals surface area contributed by atoms with Gasteiger partial charge < -0.3 is 11.1 Å². The predicted octanol–water partition coefficient (Wildman–Crippen LogP) is 3.73. The SMILES string of the molecule is Cc1ccc(NC(=O)c2ccc(Br)c(N)c2)c(F)c1. The molecule has 0 aromatic heterocycles. The maximum absolute atomic E-state index is 13.6. The fourth-order valence-electron chi connectivity index (χ4n) is 1.60. The Morgan fingerprint density at radius 2 is 2.00 bits per heavy atom. The quantitative estimate of drug-likeness (QED) is 0.828. The Kier molecular flexibility index (Phi) is 3.85. The molecule has 0 unspecified atom stereocenters. The Labute approximate surface area is 118 Å². The summed E-state index contributed by atoms with van der Waals surface area (Å²) in [5.74, 6) is -0.861. The van der Waals surface area contributed by atoms with Crippen LogP contribution in [-0.4, -0.2) is 5.91 Å². The van der Waals surface area contributed by atoms with Crippen LogP contribution in [0.5, 0.6) is 0 Å². The fraction of sp³-hybridized carbons (Fsp3) is 0.0714. The van der Waals surface area contributed by atoms with Crippen LogP contribution in [0.2, 0.25) is 0 Å². The summed E-state index contributed by atoms with van der Waals surface area (Å²) in [5.41, 5.74) is 7.48. The zero-order chi connectivity index (χ0) is 14.0. The molecule has 2 aromatic rings. The topological polar surface area (TPSA) is 55.1 Å². The number of carbonyl (C=O) groups is 1. The van der Waals surface area contributed by atoms with Crippen molar-refractivity contribution < 1.29 is 9.18 Å². The average molecular weight is 323 g/mol. The van der Waals surface area contributed by atoms with E-state index in [0.29, 0.717) is 15.7 Å². The lowest BCUT2D eigenvalue weighted by molar-refractivity contribution is 0.102. The van der Waals surface area contributed by atoms with Crippen LogP contribution in [0.1, 0.15) is 15.9 Å². The van der Waals surface area contributed by atoms with E-state index in [4.69, 9.17) is 5.73 Å². The molecule has 0 fully saturated rings. The van der Waals surface area contributed by atoms with Gasteiger partial charge in [0.1, 0.15) is 5.82 Å². The Morgan fingerprint density at radius 3 is 2.63 bits per heavy atom. The monoisotopic (exact) mass is 322 g/mol. The van der Waals surface area contributed by atoms with Crippen molar-refractivity contribution in [1.82, 2.24) is 0 Å². The van der Waals surface area contributed by atoms with Gasteiger partial charge in [0.25, 0.3) is 5.91 Å². The highest BCUT2D eigenvalue weighted by atomic mass is 79.9. The first-order valence-electron chi connectivity index (χ1n) is 5.60. The summed E-state index contributed by atoms with van der Waals surface area (Å²) >= 11 is 3.25. The van der Waals surface area contributed by atoms with Crippen molar-refractivity contribution in [1.29, 1.82) is 0 Å². The molecule has 1 amide bonds. The number of nitrogen functional groups attached to an aromatic ring is 1. The molecule has 0 aliphatic carbocycles. The lowest BCUT2D eigenvalue weighted by atomic mass is 10.1. The van der Waals surface area contributed by atoms with Crippen LogP contribution >= 0.6 is 15.9 Å². The van der Waals surface area contributed by atoms with Crippen molar-refractivity contribution in [2.24, 2.45) is 0 Å². The van der Waals surface area contributed by atoms with Gasteiger partial charge in [-0.05, 0) is 58.7 Å². The van der Waals surface area contributed by atoms with Gasteiger partial charge in [-0.1, -0.05) is 6.07 Å². The maximum atomic E-state index is 13.6. The molecule has 98 valence electrons. The van der Waals surface area contributed by atoms with Crippen molar-refractivity contribution >= 4 is 33.2 Å². The van der Waals surface area contributed by atoms with Crippen molar-refractivity contribution in [3.8, 4) is 0 Å². The smallest absolute Gasteiger partial charge is 0.255 e. The lowest BCUT2D eigenvalue weighted by Gasteiger charge is -2.08. The van der Waals surface area contributed by atoms with Crippen LogP contribution in [-0.2, 0) is 0 Å². The molecule has 19 heavy (non-hydrogen) atoms. The van der Waals surface area contributed by atoms with Crippen LogP contribution in [0.3, 0.4) is 0 Å². The number of nitrogens with one attached hydrogen (secondary N) is 1. The van der Waals surface area contributed by atoms with Gasteiger partial charge in [0.15, 0.2) is 0 Å². The third-order valence-electron chi connectivity index (χ3n) is 2.63. The number of carbonyl (C=O) groups excluding carboxylic acids is 1. The number of nitrogens with two attached hydrogens (primary N) is 1. The van der Waals surface area contributed by atoms with E-state index in [1.165, 1.54) is 18.2 Å². The molecule has 0 aliphatic rings. The number of rotatable bonds is 2. The maximum Gasteiger partial charge on any atom is 0.255 e. The van der Waals surface area contributed by atoms with Crippen molar-refractivity contribution in [3.63, 3.8) is 0 Å². The second-order valence-corrected chi connectivity index (χ2v) is 5.03. The van der Waals surface area contributed by atoms with Gasteiger partial charge in [-0.2, -0.15) is 0 Å². The van der Waals surface area contributed by atoms with Crippen molar-refractivity contribution in [3.05, 3.63) is 57.8 Å². The molecular formula is C14H12BrFN2O. The molecule has 2 aromatic carbocycles. The summed E-state index contributed by atoms with van der Waals surface area (Å²) in [6.45, 7) is 1.78. The summed E-state index contributed by atoms with van der Waals surface area (Å²) in [5, 5.41) is 2.52. The average Bonchev–Trinajstić information content (AvgIpc) is 2.36. The summed E-state index contributed by atoms with van der Waals surface area (Å²) in [6.07, 6.45) is 0. The first-order chi connectivity index (χ1) is 8.97. The summed E-state index contributed by atoms with van der Waals surface area (Å²) < 4.78 is 14.3. The standard InChI is InChI=1S/C14H12BrFN2O/c1-8-2-5-13(11(16)6-8)18-14(19)9-3-4-10(15)12(17)7-9/h2-7H,17H2,1H3,(H,18,19). The van der Waals surface area contributed by atoms with Crippen LogP contribution in [0, 0.1) is 12.7 Å². The van der Waals surface area contributed by atoms with Crippen molar-refractivity contribution in [2.45, 2.75) is 6.92 Å². The molecule has 0 aliphatic heterocycles. The van der Waals surface area contributed by atoms with Gasteiger partial charge in [-0.3, -0.25) is 4.79 Å². The zero-order valence-electron chi connectivity index (χ0n) is 10.2. The molecule has 0 heterocycles. The highest BCUT2D eigenvalue weighted by Crippen LogP contribution is 2.21. The Bertz CT molecular complexity index is 643. The highest BCUT2D eigenvalue weighted by molar-refractivity contribution is 9.10. The second kappa shape index (κ2) is 5.40. The number of amides is 1. The number of aryl methyl sites for hydroxylation is 1. The van der Waals surface area contributed by atoms with E-state index in [1.54, 1.807) is 25.1 Å². The Balaban J connectivity index is 2.23. The minimum atomic E-state index is -0.460. The van der Waals surface area contributed by atoms with E-state index in [-0.39, 0.29) is 5.69 Å². The van der Waals surface area contributed by atoms with E-state index in [0.717, 1.165) is 5.56 Å². The van der Waals surface area contributed by atoms with Crippen LogP contribution in [0.25, 0.3) is 0 Å². The Hall–Kier alpha value is -1.88. The van der Waals surface area contributed by atoms with Crippen LogP contribution in [0.15, 0.2) is 40.9 Å². The molecule has 0 bridgehead atoms. The third kappa shape index (κ3) is 3.12. The molecule has 3 N–H and O–H groups in total. The predicted molar refractivity (Wildman–Crippen MR) is 77.6 cm³/mol. The highest BCUT2D eigenvalue weighted by Gasteiger charge is 2.10. The fourth-order valence-corrected chi connectivity index (χ4v) is 1.85. The Morgan fingerprint density at radius 1 is 1.26 bits per heavy atom. The first-order valence-corrected chi connectivity index (χ1v) is 6.39. The van der Waals surface area contributed by atoms with Gasteiger partial charge in [-0.15, -0.1) is 0 Å². The third-order valence-corrected chi connectivity index (χ3v) is 3.35. The van der Waals surface area contributed by atoms with Gasteiger partial charge in [0.2, 0.25) is 0 Å². The van der Waals surface area contributed by atoms with Crippen LogP contribution < -0.4 is 11.1 Å². The second-order valence-electron chi connectivity index (χ2n) is 4.17. The van der Waals surface area contributed by atoms with Gasteiger partial charge in [0.05, 0.1) is 5.69 Å². The molecule has 0 radical (unpaired) electrons. The van der Waals surface area contributed by atoms with E-state index in [2.05, 4.69) is 21.2 Å². The normalized spacial score (nSPS) is 10.3. The molecule has 0 saturated carbocycles. The van der Waals surface area contributed by atoms with Crippen LogP contribution in [0.4, 0.5) is 15.8 Å². The molecule has 3 nitrogen and oxygen atoms in total. The minimum Gasteiger partial charge on any atom is -0.398 e. The largest absolute Gasteiger partial charge is 0.398 e. The van der Waals surface area contributed by atoms with E-state index < -0.39 is 11.7 Å². The van der Waals surface area contributed by atoms with Gasteiger partial charge >= 0.3 is 0 Å². The number of benzene rings is 2. The molecule has 0 atom stereocenters. The van der Waals surface area contributed by atoms with E-state index in [9.17, 15) is 9.18 Å². The van der Waals surface area contributed by atoms with E-state index >= 15 is 0 Å².